The molecule has 1 aromatic rings. The van der Waals surface area contributed by atoms with Crippen molar-refractivity contribution in [1.82, 2.24) is 4.90 Å². The molecule has 0 unspecified atom stereocenters. The van der Waals surface area contributed by atoms with Gasteiger partial charge in [-0.1, -0.05) is 31.7 Å². The fourth-order valence-corrected chi connectivity index (χ4v) is 3.80. The predicted octanol–water partition coefficient (Wildman–Crippen LogP) is 3.27. The third kappa shape index (κ3) is 3.34. The molecule has 1 saturated carbocycles. The maximum absolute atomic E-state index is 6.12. The minimum Gasteiger partial charge on any atom is -0.329 e. The molecule has 0 aliphatic heterocycles. The molecule has 1 heterocycles. The molecule has 0 aromatic carbocycles. The molecule has 1 fully saturated rings. The molecule has 0 radical (unpaired) electrons. The van der Waals surface area contributed by atoms with Crippen LogP contribution in [0.1, 0.15) is 43.4 Å². The number of hydrogen-bond acceptors (Lipinski definition) is 3. The number of hydrogen-bond donors (Lipinski definition) is 1. The van der Waals surface area contributed by atoms with E-state index in [1.807, 2.05) is 11.3 Å². The van der Waals surface area contributed by atoms with Gasteiger partial charge in [-0.05, 0) is 37.8 Å². The summed E-state index contributed by atoms with van der Waals surface area (Å²) in [6.45, 7) is 1.95. The summed E-state index contributed by atoms with van der Waals surface area (Å²) in [7, 11) is 2.27. The fourth-order valence-electron chi connectivity index (χ4n) is 3.10. The van der Waals surface area contributed by atoms with Gasteiger partial charge in [0.05, 0.1) is 0 Å². The molecular weight excluding hydrogens is 240 g/mol. The second-order valence-corrected chi connectivity index (χ2v) is 6.63. The van der Waals surface area contributed by atoms with Gasteiger partial charge in [-0.2, -0.15) is 0 Å². The summed E-state index contributed by atoms with van der Waals surface area (Å²) < 4.78 is 0. The zero-order valence-corrected chi connectivity index (χ0v) is 12.3. The number of likely N-dealkylation sites (N-methyl/N-ethyl adjacent to an activating group) is 1. The third-order valence-corrected chi connectivity index (χ3v) is 5.43. The molecule has 0 spiro atoms. The lowest BCUT2D eigenvalue weighted by atomic mass is 9.88. The van der Waals surface area contributed by atoms with Crippen molar-refractivity contribution in [3.63, 3.8) is 0 Å². The first-order chi connectivity index (χ1) is 8.77. The van der Waals surface area contributed by atoms with E-state index in [0.29, 0.717) is 0 Å². The second kappa shape index (κ2) is 6.69. The molecule has 2 nitrogen and oxygen atoms in total. The van der Waals surface area contributed by atoms with Crippen molar-refractivity contribution >= 4 is 11.3 Å². The van der Waals surface area contributed by atoms with Crippen LogP contribution in [0.2, 0.25) is 0 Å². The summed E-state index contributed by atoms with van der Waals surface area (Å²) >= 11 is 1.86. The van der Waals surface area contributed by atoms with E-state index in [1.165, 1.54) is 43.4 Å². The molecule has 0 atom stereocenters. The monoisotopic (exact) mass is 266 g/mol. The van der Waals surface area contributed by atoms with Crippen LogP contribution in [0.3, 0.4) is 0 Å². The standard InChI is InChI=1S/C15H26N2S/c1-17(11-8-14-7-6-12-18-14)15(13-16)9-4-2-3-5-10-15/h6-7,12H,2-5,8-11,13,16H2,1H3. The lowest BCUT2D eigenvalue weighted by Crippen LogP contribution is -2.52. The molecular formula is C15H26N2S. The Kier molecular flexibility index (Phi) is 5.22. The Hall–Kier alpha value is -0.380. The number of nitrogens with zero attached hydrogens (tertiary/aromatic N) is 1. The highest BCUT2D eigenvalue weighted by Gasteiger charge is 2.33. The highest BCUT2D eigenvalue weighted by Crippen LogP contribution is 2.31. The fraction of sp³-hybridized carbons (Fsp3) is 0.733. The van der Waals surface area contributed by atoms with Crippen molar-refractivity contribution < 1.29 is 0 Å². The van der Waals surface area contributed by atoms with Gasteiger partial charge in [0.2, 0.25) is 0 Å². The molecule has 0 saturated heterocycles. The van der Waals surface area contributed by atoms with Crippen molar-refractivity contribution in [2.45, 2.75) is 50.5 Å². The molecule has 3 heteroatoms. The molecule has 102 valence electrons. The van der Waals surface area contributed by atoms with E-state index in [4.69, 9.17) is 5.73 Å². The first-order valence-electron chi connectivity index (χ1n) is 7.20. The summed E-state index contributed by atoms with van der Waals surface area (Å²) in [5, 5.41) is 2.17. The first kappa shape index (κ1) is 14.0. The minimum absolute atomic E-state index is 0.272. The summed E-state index contributed by atoms with van der Waals surface area (Å²) in [4.78, 5) is 4.03. The van der Waals surface area contributed by atoms with Gasteiger partial charge < -0.3 is 5.73 Å². The molecule has 1 aromatic heterocycles. The van der Waals surface area contributed by atoms with Gasteiger partial charge in [-0.25, -0.2) is 0 Å². The third-order valence-electron chi connectivity index (χ3n) is 4.50. The van der Waals surface area contributed by atoms with Crippen LogP contribution in [0.5, 0.6) is 0 Å². The van der Waals surface area contributed by atoms with Gasteiger partial charge in [0.1, 0.15) is 0 Å². The largest absolute Gasteiger partial charge is 0.329 e. The van der Waals surface area contributed by atoms with Crippen LogP contribution in [-0.2, 0) is 6.42 Å². The van der Waals surface area contributed by atoms with Crippen LogP contribution >= 0.6 is 11.3 Å². The quantitative estimate of drug-likeness (QED) is 0.829. The molecule has 0 bridgehead atoms. The highest BCUT2D eigenvalue weighted by molar-refractivity contribution is 7.09. The Balaban J connectivity index is 1.93. The zero-order chi connectivity index (χ0) is 12.8. The molecule has 18 heavy (non-hydrogen) atoms. The van der Waals surface area contributed by atoms with E-state index in [2.05, 4.69) is 29.5 Å². The number of rotatable bonds is 5. The van der Waals surface area contributed by atoms with Gasteiger partial charge in [0.15, 0.2) is 0 Å². The Morgan fingerprint density at radius 2 is 2.00 bits per heavy atom. The first-order valence-corrected chi connectivity index (χ1v) is 8.08. The van der Waals surface area contributed by atoms with Gasteiger partial charge in [0.25, 0.3) is 0 Å². The van der Waals surface area contributed by atoms with Gasteiger partial charge >= 0.3 is 0 Å². The van der Waals surface area contributed by atoms with Crippen LogP contribution in [0.15, 0.2) is 17.5 Å². The summed E-state index contributed by atoms with van der Waals surface area (Å²) in [6, 6.07) is 4.38. The van der Waals surface area contributed by atoms with E-state index in [1.54, 1.807) is 0 Å². The number of thiophene rings is 1. The van der Waals surface area contributed by atoms with E-state index >= 15 is 0 Å². The average molecular weight is 266 g/mol. The lowest BCUT2D eigenvalue weighted by molar-refractivity contribution is 0.109. The van der Waals surface area contributed by atoms with E-state index in [-0.39, 0.29) is 5.54 Å². The van der Waals surface area contributed by atoms with Gasteiger partial charge in [-0.15, -0.1) is 11.3 Å². The van der Waals surface area contributed by atoms with Gasteiger partial charge in [0, 0.05) is 23.5 Å². The Labute approximate surface area is 115 Å². The molecule has 1 aliphatic carbocycles. The Bertz CT molecular complexity index is 326. The van der Waals surface area contributed by atoms with Crippen LogP contribution < -0.4 is 5.73 Å². The van der Waals surface area contributed by atoms with E-state index in [9.17, 15) is 0 Å². The second-order valence-electron chi connectivity index (χ2n) is 5.59. The molecule has 1 aliphatic rings. The summed E-state index contributed by atoms with van der Waals surface area (Å²) in [6.07, 6.45) is 9.20. The Morgan fingerprint density at radius 1 is 1.28 bits per heavy atom. The van der Waals surface area contributed by atoms with Crippen LogP contribution in [0.25, 0.3) is 0 Å². The molecule has 2 N–H and O–H groups in total. The zero-order valence-electron chi connectivity index (χ0n) is 11.5. The van der Waals surface area contributed by atoms with Crippen molar-refractivity contribution in [2.24, 2.45) is 5.73 Å². The summed E-state index contributed by atoms with van der Waals surface area (Å²) in [5.41, 5.74) is 6.39. The Morgan fingerprint density at radius 3 is 2.56 bits per heavy atom. The van der Waals surface area contributed by atoms with Crippen molar-refractivity contribution in [3.8, 4) is 0 Å². The maximum Gasteiger partial charge on any atom is 0.0328 e. The maximum atomic E-state index is 6.12. The smallest absolute Gasteiger partial charge is 0.0328 e. The van der Waals surface area contributed by atoms with Crippen molar-refractivity contribution in [2.75, 3.05) is 20.1 Å². The normalized spacial score (nSPS) is 19.9. The van der Waals surface area contributed by atoms with Gasteiger partial charge in [-0.3, -0.25) is 4.90 Å². The average Bonchev–Trinajstić information content (AvgIpc) is 2.79. The topological polar surface area (TPSA) is 29.3 Å². The highest BCUT2D eigenvalue weighted by atomic mass is 32.1. The van der Waals surface area contributed by atoms with E-state index in [0.717, 1.165) is 19.5 Å². The van der Waals surface area contributed by atoms with Crippen molar-refractivity contribution in [3.05, 3.63) is 22.4 Å². The predicted molar refractivity (Wildman–Crippen MR) is 80.1 cm³/mol. The van der Waals surface area contributed by atoms with Crippen LogP contribution in [-0.4, -0.2) is 30.6 Å². The molecule has 2 rings (SSSR count). The minimum atomic E-state index is 0.272. The van der Waals surface area contributed by atoms with Crippen LogP contribution in [0, 0.1) is 0 Å². The van der Waals surface area contributed by atoms with E-state index < -0.39 is 0 Å². The van der Waals surface area contributed by atoms with Crippen molar-refractivity contribution in [1.29, 1.82) is 0 Å². The SMILES string of the molecule is CN(CCc1cccs1)C1(CN)CCCCCC1. The lowest BCUT2D eigenvalue weighted by Gasteiger charge is -2.41. The molecule has 0 amide bonds. The summed E-state index contributed by atoms with van der Waals surface area (Å²) in [5.74, 6) is 0. The number of nitrogens with two attached hydrogens (primary N) is 1. The van der Waals surface area contributed by atoms with Crippen LogP contribution in [0.4, 0.5) is 0 Å².